The van der Waals surface area contributed by atoms with Crippen LogP contribution in [0.1, 0.15) is 25.5 Å². The van der Waals surface area contributed by atoms with Gasteiger partial charge in [0, 0.05) is 25.5 Å². The van der Waals surface area contributed by atoms with Gasteiger partial charge in [-0.2, -0.15) is 4.98 Å². The zero-order valence-electron chi connectivity index (χ0n) is 17.8. The Labute approximate surface area is 178 Å². The SMILES string of the molecule is Cc1ccnc2c1n(C(C)C)c(=O)n2-c1ccc(Oc2nc3cccnc3n2C)cc1. The van der Waals surface area contributed by atoms with Gasteiger partial charge in [-0.05, 0) is 68.8 Å². The van der Waals surface area contributed by atoms with Gasteiger partial charge in [-0.1, -0.05) is 0 Å². The van der Waals surface area contributed by atoms with Crippen LogP contribution in [0.5, 0.6) is 11.8 Å². The minimum Gasteiger partial charge on any atom is -0.425 e. The smallest absolute Gasteiger partial charge is 0.335 e. The van der Waals surface area contributed by atoms with Crippen molar-refractivity contribution in [3.05, 3.63) is 70.9 Å². The second kappa shape index (κ2) is 7.09. The average Bonchev–Trinajstić information content (AvgIpc) is 3.24. The van der Waals surface area contributed by atoms with E-state index >= 15 is 0 Å². The Kier molecular flexibility index (Phi) is 4.35. The van der Waals surface area contributed by atoms with E-state index in [1.807, 2.05) is 70.3 Å². The van der Waals surface area contributed by atoms with Gasteiger partial charge in [0.25, 0.3) is 0 Å². The number of hydrogen-bond donors (Lipinski definition) is 0. The minimum absolute atomic E-state index is 0.0212. The maximum absolute atomic E-state index is 13.2. The van der Waals surface area contributed by atoms with Crippen molar-refractivity contribution in [1.82, 2.24) is 28.7 Å². The fraction of sp³-hybridized carbons (Fsp3) is 0.217. The number of benzene rings is 1. The molecule has 31 heavy (non-hydrogen) atoms. The molecule has 0 saturated carbocycles. The van der Waals surface area contributed by atoms with Crippen molar-refractivity contribution < 1.29 is 4.74 Å². The number of ether oxygens (including phenoxy) is 1. The van der Waals surface area contributed by atoms with Crippen LogP contribution in [0, 0.1) is 6.92 Å². The number of hydrogen-bond acceptors (Lipinski definition) is 5. The third-order valence-electron chi connectivity index (χ3n) is 5.36. The molecule has 5 aromatic rings. The Bertz CT molecular complexity index is 1470. The molecule has 0 saturated heterocycles. The molecule has 0 aliphatic rings. The Morgan fingerprint density at radius 3 is 2.42 bits per heavy atom. The molecule has 0 atom stereocenters. The lowest BCUT2D eigenvalue weighted by Gasteiger charge is -2.07. The molecular formula is C23H22N6O2. The van der Waals surface area contributed by atoms with E-state index in [1.54, 1.807) is 26.1 Å². The van der Waals surface area contributed by atoms with E-state index < -0.39 is 0 Å². The van der Waals surface area contributed by atoms with Crippen LogP contribution in [0.25, 0.3) is 28.0 Å². The number of imidazole rings is 2. The normalized spacial score (nSPS) is 11.6. The van der Waals surface area contributed by atoms with Gasteiger partial charge < -0.3 is 4.74 Å². The Morgan fingerprint density at radius 2 is 1.71 bits per heavy atom. The zero-order chi connectivity index (χ0) is 21.7. The molecule has 5 rings (SSSR count). The quantitative estimate of drug-likeness (QED) is 0.441. The van der Waals surface area contributed by atoms with Crippen molar-refractivity contribution in [2.24, 2.45) is 7.05 Å². The highest BCUT2D eigenvalue weighted by Crippen LogP contribution is 2.26. The summed E-state index contributed by atoms with van der Waals surface area (Å²) in [6.45, 7) is 6.00. The molecular weight excluding hydrogens is 392 g/mol. The standard InChI is InChI=1S/C23H22N6O2/c1-14(2)28-19-15(3)11-13-25-21(19)29(23(28)30)16-7-9-17(10-8-16)31-22-26-18-6-5-12-24-20(18)27(22)4/h5-14H,1-4H3. The summed E-state index contributed by atoms with van der Waals surface area (Å²) in [5.74, 6) is 0.618. The summed E-state index contributed by atoms with van der Waals surface area (Å²) in [6, 6.07) is 13.5. The minimum atomic E-state index is -0.109. The molecule has 0 fully saturated rings. The van der Waals surface area contributed by atoms with E-state index in [-0.39, 0.29) is 11.7 Å². The van der Waals surface area contributed by atoms with Crippen molar-refractivity contribution in [2.45, 2.75) is 26.8 Å². The maximum Gasteiger partial charge on any atom is 0.335 e. The summed E-state index contributed by atoms with van der Waals surface area (Å²) in [5.41, 5.74) is 4.66. The largest absolute Gasteiger partial charge is 0.425 e. The van der Waals surface area contributed by atoms with Crippen LogP contribution >= 0.6 is 0 Å². The van der Waals surface area contributed by atoms with Gasteiger partial charge in [0.15, 0.2) is 11.3 Å². The molecule has 8 nitrogen and oxygen atoms in total. The number of fused-ring (bicyclic) bond motifs is 2. The third-order valence-corrected chi connectivity index (χ3v) is 5.36. The van der Waals surface area contributed by atoms with Crippen molar-refractivity contribution >= 4 is 22.3 Å². The van der Waals surface area contributed by atoms with E-state index in [4.69, 9.17) is 4.74 Å². The second-order valence-corrected chi connectivity index (χ2v) is 7.78. The Hall–Kier alpha value is -3.94. The van der Waals surface area contributed by atoms with E-state index in [1.165, 1.54) is 0 Å². The summed E-state index contributed by atoms with van der Waals surface area (Å²) in [4.78, 5) is 26.6. The molecule has 0 radical (unpaired) electrons. The van der Waals surface area contributed by atoms with E-state index in [2.05, 4.69) is 15.0 Å². The van der Waals surface area contributed by atoms with Gasteiger partial charge in [-0.25, -0.2) is 19.3 Å². The van der Waals surface area contributed by atoms with E-state index in [9.17, 15) is 4.79 Å². The summed E-state index contributed by atoms with van der Waals surface area (Å²) in [5, 5.41) is 0. The van der Waals surface area contributed by atoms with Crippen LogP contribution in [0.15, 0.2) is 59.7 Å². The summed E-state index contributed by atoms with van der Waals surface area (Å²) in [6.07, 6.45) is 3.46. The molecule has 0 spiro atoms. The zero-order valence-corrected chi connectivity index (χ0v) is 17.8. The van der Waals surface area contributed by atoms with E-state index in [0.717, 1.165) is 27.9 Å². The first-order chi connectivity index (χ1) is 15.0. The lowest BCUT2D eigenvalue weighted by Crippen LogP contribution is -2.24. The average molecular weight is 414 g/mol. The van der Waals surface area contributed by atoms with Crippen molar-refractivity contribution in [3.8, 4) is 17.4 Å². The van der Waals surface area contributed by atoms with Crippen LogP contribution in [-0.2, 0) is 7.05 Å². The number of aromatic nitrogens is 6. The fourth-order valence-electron chi connectivity index (χ4n) is 3.87. The van der Waals surface area contributed by atoms with Gasteiger partial charge in [-0.3, -0.25) is 9.13 Å². The molecule has 0 bridgehead atoms. The molecule has 0 amide bonds. The molecule has 4 aromatic heterocycles. The van der Waals surface area contributed by atoms with Crippen molar-refractivity contribution in [3.63, 3.8) is 0 Å². The number of nitrogens with zero attached hydrogens (tertiary/aromatic N) is 6. The molecule has 0 aliphatic carbocycles. The van der Waals surface area contributed by atoms with Crippen LogP contribution in [-0.4, -0.2) is 28.7 Å². The lowest BCUT2D eigenvalue weighted by atomic mass is 10.2. The molecule has 1 aromatic carbocycles. The van der Waals surface area contributed by atoms with E-state index in [0.29, 0.717) is 17.4 Å². The van der Waals surface area contributed by atoms with Crippen molar-refractivity contribution in [1.29, 1.82) is 0 Å². The fourth-order valence-corrected chi connectivity index (χ4v) is 3.87. The summed E-state index contributed by atoms with van der Waals surface area (Å²) < 4.78 is 11.2. The molecule has 0 unspecified atom stereocenters. The lowest BCUT2D eigenvalue weighted by molar-refractivity contribution is 0.427. The van der Waals surface area contributed by atoms with Gasteiger partial charge in [0.05, 0.1) is 11.2 Å². The topological polar surface area (TPSA) is 79.8 Å². The molecule has 0 N–H and O–H groups in total. The molecule has 8 heteroatoms. The summed E-state index contributed by atoms with van der Waals surface area (Å²) >= 11 is 0. The first-order valence-electron chi connectivity index (χ1n) is 10.1. The monoisotopic (exact) mass is 414 g/mol. The first kappa shape index (κ1) is 19.0. The number of aryl methyl sites for hydroxylation is 2. The third kappa shape index (κ3) is 2.99. The number of rotatable bonds is 4. The van der Waals surface area contributed by atoms with Crippen molar-refractivity contribution in [2.75, 3.05) is 0 Å². The highest BCUT2D eigenvalue weighted by molar-refractivity contribution is 5.77. The highest BCUT2D eigenvalue weighted by Gasteiger charge is 2.19. The predicted octanol–water partition coefficient (Wildman–Crippen LogP) is 4.15. The van der Waals surface area contributed by atoms with Crippen LogP contribution in [0.2, 0.25) is 0 Å². The van der Waals surface area contributed by atoms with Gasteiger partial charge in [0.1, 0.15) is 11.3 Å². The number of pyridine rings is 2. The maximum atomic E-state index is 13.2. The molecule has 4 heterocycles. The first-order valence-corrected chi connectivity index (χ1v) is 10.1. The van der Waals surface area contributed by atoms with Crippen LogP contribution in [0.4, 0.5) is 0 Å². The molecule has 156 valence electrons. The van der Waals surface area contributed by atoms with Crippen LogP contribution < -0.4 is 10.4 Å². The van der Waals surface area contributed by atoms with Crippen LogP contribution in [0.3, 0.4) is 0 Å². The van der Waals surface area contributed by atoms with Gasteiger partial charge in [-0.15, -0.1) is 0 Å². The highest BCUT2D eigenvalue weighted by atomic mass is 16.5. The van der Waals surface area contributed by atoms with Gasteiger partial charge >= 0.3 is 11.7 Å². The molecule has 0 aliphatic heterocycles. The predicted molar refractivity (Wildman–Crippen MR) is 119 cm³/mol. The second-order valence-electron chi connectivity index (χ2n) is 7.78. The Morgan fingerprint density at radius 1 is 0.968 bits per heavy atom. The summed E-state index contributed by atoms with van der Waals surface area (Å²) in [7, 11) is 1.86. The van der Waals surface area contributed by atoms with Gasteiger partial charge in [0.2, 0.25) is 0 Å². The Balaban J connectivity index is 1.56.